The fraction of sp³-hybridized carbons (Fsp3) is 0.579. The maximum absolute atomic E-state index is 12.7. The summed E-state index contributed by atoms with van der Waals surface area (Å²) in [6.45, 7) is 4.59. The minimum Gasteiger partial charge on any atom is -0.429 e. The summed E-state index contributed by atoms with van der Waals surface area (Å²) in [7, 11) is 0. The maximum Gasteiger partial charge on any atom is 0.336 e. The Kier molecular flexibility index (Phi) is 19.0. The molecule has 0 unspecified atom stereocenters. The molecule has 11 N–H and O–H groups in total. The number of rotatable bonds is 15. The number of ether oxygens (including phenoxy) is 6. The van der Waals surface area contributed by atoms with E-state index >= 15 is 0 Å². The van der Waals surface area contributed by atoms with Gasteiger partial charge in [-0.2, -0.15) is 0 Å². The highest BCUT2D eigenvalue weighted by molar-refractivity contribution is 5.88. The molecule has 0 aromatic heterocycles. The molecule has 0 spiro atoms. The molecule has 15 atom stereocenters. The molecule has 3 heterocycles. The van der Waals surface area contributed by atoms with Gasteiger partial charge in [0.05, 0.1) is 19.8 Å². The van der Waals surface area contributed by atoms with E-state index in [0.29, 0.717) is 0 Å². The average Bonchev–Trinajstić information content (AvgIpc) is 3.18. The van der Waals surface area contributed by atoms with E-state index in [1.165, 1.54) is 26.0 Å². The van der Waals surface area contributed by atoms with E-state index in [4.69, 9.17) is 28.4 Å². The highest BCUT2D eigenvalue weighted by Gasteiger charge is 2.48. The van der Waals surface area contributed by atoms with Crippen LogP contribution < -0.4 is 0 Å². The van der Waals surface area contributed by atoms with Gasteiger partial charge in [-0.3, -0.25) is 0 Å². The van der Waals surface area contributed by atoms with Crippen molar-refractivity contribution in [1.82, 2.24) is 0 Å². The largest absolute Gasteiger partial charge is 0.429 e. The van der Waals surface area contributed by atoms with E-state index in [9.17, 15) is 65.8 Å². The Morgan fingerprint density at radius 2 is 0.825 bits per heavy atom. The Hall–Kier alpha value is -3.48. The Morgan fingerprint density at radius 1 is 0.474 bits per heavy atom. The van der Waals surface area contributed by atoms with Crippen LogP contribution in [0, 0.1) is 0 Å². The number of aliphatic hydroxyl groups excluding tert-OH is 11. The van der Waals surface area contributed by atoms with Gasteiger partial charge in [0.25, 0.3) is 0 Å². The molecule has 19 nitrogen and oxygen atoms in total. The summed E-state index contributed by atoms with van der Waals surface area (Å²) >= 11 is 0. The Balaban J connectivity index is 1.48. The quantitative estimate of drug-likeness (QED) is 0.0445. The number of carbonyl (C=O) groups is 2. The van der Waals surface area contributed by atoms with Gasteiger partial charge in [-0.25, -0.2) is 9.59 Å². The van der Waals surface area contributed by atoms with Crippen LogP contribution in [0.15, 0.2) is 83.1 Å². The molecule has 0 saturated carbocycles. The van der Waals surface area contributed by atoms with Crippen LogP contribution in [0.1, 0.15) is 27.7 Å². The molecule has 3 aliphatic heterocycles. The average molecular weight is 815 g/mol. The topological polar surface area (TPSA) is 312 Å². The van der Waals surface area contributed by atoms with E-state index < -0.39 is 124 Å². The standard InChI is InChI=1S/C38H54O19/c1-18(11-7-13-20(3)34(50)56-37-32(48)29(45)26(42)23(16-40)54-37)9-5-6-10-19(2)12-8-14-21(4)35(51)57-38-33(49)30(46)27(43)24(55-38)17-52-36-31(47)28(44)25(41)22(15-39)53-36/h5-14,22-33,36-49H,15-17H2,1-4H3/b6-5+,11-7+,12-8+,18-9-,19-10+,20-13-,21-14+/t22-,23-,24-,25-,26-,27-,28+,29+,30+,31-,32-,33-,36-,37+,38+/m1/s1. The zero-order valence-corrected chi connectivity index (χ0v) is 31.7. The number of esters is 2. The van der Waals surface area contributed by atoms with Crippen LogP contribution >= 0.6 is 0 Å². The first-order chi connectivity index (χ1) is 26.9. The van der Waals surface area contributed by atoms with Gasteiger partial charge in [0, 0.05) is 11.1 Å². The Bertz CT molecular complexity index is 1550. The molecule has 3 fully saturated rings. The van der Waals surface area contributed by atoms with Crippen LogP contribution in [-0.2, 0) is 38.0 Å². The van der Waals surface area contributed by atoms with Crippen molar-refractivity contribution in [2.45, 2.75) is 120 Å². The van der Waals surface area contributed by atoms with Gasteiger partial charge in [0.1, 0.15) is 73.2 Å². The predicted octanol–water partition coefficient (Wildman–Crippen LogP) is -3.05. The molecule has 57 heavy (non-hydrogen) atoms. The zero-order valence-electron chi connectivity index (χ0n) is 31.7. The van der Waals surface area contributed by atoms with Gasteiger partial charge in [-0.1, -0.05) is 71.9 Å². The number of hydrogen-bond donors (Lipinski definition) is 11. The summed E-state index contributed by atoms with van der Waals surface area (Å²) in [5.74, 6) is -1.75. The summed E-state index contributed by atoms with van der Waals surface area (Å²) in [6, 6.07) is 0. The summed E-state index contributed by atoms with van der Waals surface area (Å²) in [5, 5.41) is 110. The van der Waals surface area contributed by atoms with Gasteiger partial charge in [-0.15, -0.1) is 0 Å². The lowest BCUT2D eigenvalue weighted by molar-refractivity contribution is -0.326. The predicted molar refractivity (Wildman–Crippen MR) is 195 cm³/mol. The maximum atomic E-state index is 12.7. The second kappa shape index (κ2) is 22.6. The van der Waals surface area contributed by atoms with Gasteiger partial charge in [0.2, 0.25) is 12.6 Å². The molecule has 0 radical (unpaired) electrons. The van der Waals surface area contributed by atoms with Crippen molar-refractivity contribution in [3.63, 3.8) is 0 Å². The van der Waals surface area contributed by atoms with Crippen molar-refractivity contribution in [2.24, 2.45) is 0 Å². The number of aliphatic hydroxyl groups is 11. The molecule has 0 aliphatic carbocycles. The lowest BCUT2D eigenvalue weighted by atomic mass is 9.98. The third-order valence-corrected chi connectivity index (χ3v) is 9.12. The van der Waals surface area contributed by atoms with Crippen molar-refractivity contribution in [3.8, 4) is 0 Å². The zero-order chi connectivity index (χ0) is 42.6. The highest BCUT2D eigenvalue weighted by Crippen LogP contribution is 2.27. The third kappa shape index (κ3) is 13.3. The first kappa shape index (κ1) is 47.9. The van der Waals surface area contributed by atoms with Crippen molar-refractivity contribution >= 4 is 11.9 Å². The Labute approximate surface area is 328 Å². The lowest BCUT2D eigenvalue weighted by Crippen LogP contribution is -2.61. The summed E-state index contributed by atoms with van der Waals surface area (Å²) in [4.78, 5) is 25.2. The van der Waals surface area contributed by atoms with Crippen molar-refractivity contribution in [3.05, 3.63) is 83.1 Å². The summed E-state index contributed by atoms with van der Waals surface area (Å²) in [5.41, 5.74) is 1.86. The number of carbonyl (C=O) groups excluding carboxylic acids is 2. The molecule has 320 valence electrons. The smallest absolute Gasteiger partial charge is 0.336 e. The molecule has 19 heteroatoms. The van der Waals surface area contributed by atoms with Crippen LogP contribution in [0.25, 0.3) is 0 Å². The summed E-state index contributed by atoms with van der Waals surface area (Å²) in [6.07, 6.45) is -7.55. The molecular weight excluding hydrogens is 760 g/mol. The first-order valence-corrected chi connectivity index (χ1v) is 18.0. The molecule has 0 aromatic carbocycles. The van der Waals surface area contributed by atoms with E-state index in [2.05, 4.69) is 0 Å². The number of allylic oxidation sites excluding steroid dienone is 12. The fourth-order valence-electron chi connectivity index (χ4n) is 5.46. The lowest BCUT2D eigenvalue weighted by Gasteiger charge is -2.42. The van der Waals surface area contributed by atoms with Crippen LogP contribution in [0.3, 0.4) is 0 Å². The molecule has 0 aromatic rings. The van der Waals surface area contributed by atoms with E-state index in [-0.39, 0.29) is 11.1 Å². The SMILES string of the molecule is CC(=C/C=C/C=C(C)/C=C/C=C(\C)C(=O)O[C@@H]1O[C@H](CO[C@@H]2O[C@H](CO)[C@@H](O)[C@H](O)[C@H]2O)[C@@H](O)[C@H](O)[C@H]1O)/C=C/C=C(/C)C(=O)O[C@@H]1O[C@H](CO)[C@@H](O)[C@H](O)[C@H]1O. The molecule has 0 amide bonds. The molecule has 0 bridgehead atoms. The van der Waals surface area contributed by atoms with Gasteiger partial charge in [0.15, 0.2) is 6.29 Å². The summed E-state index contributed by atoms with van der Waals surface area (Å²) < 4.78 is 31.6. The van der Waals surface area contributed by atoms with Crippen molar-refractivity contribution in [2.75, 3.05) is 19.8 Å². The van der Waals surface area contributed by atoms with Crippen LogP contribution in [0.2, 0.25) is 0 Å². The number of hydrogen-bond acceptors (Lipinski definition) is 19. The third-order valence-electron chi connectivity index (χ3n) is 9.12. The first-order valence-electron chi connectivity index (χ1n) is 18.0. The Morgan fingerprint density at radius 3 is 1.23 bits per heavy atom. The highest BCUT2D eigenvalue weighted by atomic mass is 16.7. The van der Waals surface area contributed by atoms with Gasteiger partial charge in [-0.05, 0) is 27.7 Å². The molecular formula is C38H54O19. The monoisotopic (exact) mass is 814 g/mol. The van der Waals surface area contributed by atoms with Crippen LogP contribution in [0.5, 0.6) is 0 Å². The molecule has 3 rings (SSSR count). The fourth-order valence-corrected chi connectivity index (χ4v) is 5.46. The van der Waals surface area contributed by atoms with E-state index in [1.54, 1.807) is 55.5 Å². The van der Waals surface area contributed by atoms with Crippen molar-refractivity contribution < 1.29 is 94.2 Å². The minimum absolute atomic E-state index is 0.0944. The van der Waals surface area contributed by atoms with Crippen LogP contribution in [-0.4, -0.2) is 180 Å². The van der Waals surface area contributed by atoms with Crippen LogP contribution in [0.4, 0.5) is 0 Å². The minimum atomic E-state index is -1.83. The van der Waals surface area contributed by atoms with Gasteiger partial charge < -0.3 is 84.6 Å². The van der Waals surface area contributed by atoms with Crippen molar-refractivity contribution in [1.29, 1.82) is 0 Å². The van der Waals surface area contributed by atoms with Gasteiger partial charge >= 0.3 is 11.9 Å². The normalized spacial score (nSPS) is 37.6. The second-order valence-electron chi connectivity index (χ2n) is 13.7. The molecule has 3 aliphatic rings. The molecule has 3 saturated heterocycles. The van der Waals surface area contributed by atoms with E-state index in [1.807, 2.05) is 6.92 Å². The van der Waals surface area contributed by atoms with E-state index in [0.717, 1.165) is 11.1 Å². The second-order valence-corrected chi connectivity index (χ2v) is 13.7.